The highest BCUT2D eigenvalue weighted by Crippen LogP contribution is 2.47. The predicted molar refractivity (Wildman–Crippen MR) is 146 cm³/mol. The molecule has 2 aromatic heterocycles. The summed E-state index contributed by atoms with van der Waals surface area (Å²) in [6.07, 6.45) is 6.72. The van der Waals surface area contributed by atoms with Gasteiger partial charge in [0.15, 0.2) is 5.78 Å². The average molecular weight is 549 g/mol. The molecule has 0 bridgehead atoms. The molecule has 39 heavy (non-hydrogen) atoms. The van der Waals surface area contributed by atoms with E-state index < -0.39 is 15.4 Å². The SMILES string of the molecule is Cc1ccnc(C(=O)C23CC(=CN)C(=Nc4ccc(F)cc4)C=C2CCN(S(=O)(=O)c2cn(C)nc2C)C3)c1. The Labute approximate surface area is 226 Å². The van der Waals surface area contributed by atoms with Crippen LogP contribution in [0.25, 0.3) is 0 Å². The first-order valence-electron chi connectivity index (χ1n) is 12.5. The van der Waals surface area contributed by atoms with Gasteiger partial charge >= 0.3 is 0 Å². The second-order valence-corrected chi connectivity index (χ2v) is 11.9. The zero-order chi connectivity index (χ0) is 27.9. The number of carbonyl (C=O) groups is 1. The van der Waals surface area contributed by atoms with E-state index in [0.717, 1.165) is 11.1 Å². The summed E-state index contributed by atoms with van der Waals surface area (Å²) in [5, 5.41) is 4.20. The van der Waals surface area contributed by atoms with E-state index in [9.17, 15) is 17.6 Å². The maximum atomic E-state index is 14.3. The fourth-order valence-corrected chi connectivity index (χ4v) is 7.00. The third-order valence-electron chi connectivity index (χ3n) is 7.27. The van der Waals surface area contributed by atoms with Gasteiger partial charge in [0.1, 0.15) is 16.4 Å². The number of carbonyl (C=O) groups excluding carboxylic acids is 1. The van der Waals surface area contributed by atoms with Crippen LogP contribution in [0.2, 0.25) is 0 Å². The Hall–Kier alpha value is -3.96. The van der Waals surface area contributed by atoms with E-state index in [0.29, 0.717) is 29.1 Å². The van der Waals surface area contributed by atoms with Crippen molar-refractivity contribution in [1.82, 2.24) is 19.1 Å². The van der Waals surface area contributed by atoms with Crippen molar-refractivity contribution in [2.24, 2.45) is 23.2 Å². The number of nitrogens with zero attached hydrogens (tertiary/aromatic N) is 5. The van der Waals surface area contributed by atoms with E-state index in [-0.39, 0.29) is 41.7 Å². The molecule has 1 aromatic carbocycles. The highest BCUT2D eigenvalue weighted by Gasteiger charge is 2.51. The Kier molecular flexibility index (Phi) is 6.81. The maximum absolute atomic E-state index is 14.3. The van der Waals surface area contributed by atoms with Crippen LogP contribution in [0.15, 0.2) is 82.1 Å². The summed E-state index contributed by atoms with van der Waals surface area (Å²) in [5.41, 5.74) is 8.77. The van der Waals surface area contributed by atoms with Crippen molar-refractivity contribution in [2.45, 2.75) is 31.6 Å². The fourth-order valence-electron chi connectivity index (χ4n) is 5.30. The Morgan fingerprint density at radius 2 is 1.95 bits per heavy atom. The lowest BCUT2D eigenvalue weighted by Gasteiger charge is -2.45. The molecule has 1 atom stereocenters. The zero-order valence-corrected chi connectivity index (χ0v) is 22.7. The molecule has 11 heteroatoms. The van der Waals surface area contributed by atoms with E-state index in [1.807, 2.05) is 13.0 Å². The molecule has 5 rings (SSSR count). The van der Waals surface area contributed by atoms with Gasteiger partial charge in [0.2, 0.25) is 10.0 Å². The van der Waals surface area contributed by atoms with Crippen LogP contribution in [0.3, 0.4) is 0 Å². The minimum atomic E-state index is -3.94. The number of piperidine rings is 1. The van der Waals surface area contributed by atoms with E-state index in [2.05, 4.69) is 15.1 Å². The molecule has 0 radical (unpaired) electrons. The van der Waals surface area contributed by atoms with Gasteiger partial charge in [-0.1, -0.05) is 5.57 Å². The molecule has 1 unspecified atom stereocenters. The fraction of sp³-hybridized carbons (Fsp3) is 0.286. The van der Waals surface area contributed by atoms with Crippen LogP contribution in [0.1, 0.15) is 34.6 Å². The molecule has 0 amide bonds. The number of fused-ring (bicyclic) bond motifs is 1. The van der Waals surface area contributed by atoms with Crippen LogP contribution in [0.5, 0.6) is 0 Å². The van der Waals surface area contributed by atoms with E-state index in [4.69, 9.17) is 5.73 Å². The number of Topliss-reactive ketones (excluding diaryl/α,β-unsaturated/α-hetero) is 1. The van der Waals surface area contributed by atoms with Crippen LogP contribution in [0.4, 0.5) is 10.1 Å². The molecule has 2 aliphatic rings. The van der Waals surface area contributed by atoms with Crippen molar-refractivity contribution in [1.29, 1.82) is 0 Å². The monoisotopic (exact) mass is 548 g/mol. The molecule has 2 N–H and O–H groups in total. The molecule has 3 heterocycles. The third kappa shape index (κ3) is 4.83. The van der Waals surface area contributed by atoms with Gasteiger partial charge in [-0.25, -0.2) is 17.8 Å². The van der Waals surface area contributed by atoms with Crippen LogP contribution in [0, 0.1) is 25.1 Å². The molecule has 1 aliphatic carbocycles. The number of halogens is 1. The zero-order valence-electron chi connectivity index (χ0n) is 21.9. The van der Waals surface area contributed by atoms with Gasteiger partial charge in [-0.15, -0.1) is 0 Å². The number of allylic oxidation sites excluding steroid dienone is 2. The normalized spacial score (nSPS) is 22.1. The topological polar surface area (TPSA) is 124 Å². The minimum absolute atomic E-state index is 0.0782. The summed E-state index contributed by atoms with van der Waals surface area (Å²) in [5.74, 6) is -0.649. The number of aromatic nitrogens is 3. The Balaban J connectivity index is 1.64. The minimum Gasteiger partial charge on any atom is -0.404 e. The van der Waals surface area contributed by atoms with Crippen LogP contribution in [-0.2, 0) is 17.1 Å². The first-order valence-corrected chi connectivity index (χ1v) is 13.9. The van der Waals surface area contributed by atoms with Crippen LogP contribution >= 0.6 is 0 Å². The van der Waals surface area contributed by atoms with Gasteiger partial charge in [-0.2, -0.15) is 9.40 Å². The standard InChI is InChI=1S/C28H29FN6O3S/c1-18-8-10-31-25(12-18)27(36)28-14-20(15-30)24(32-23-6-4-22(29)5-7-23)13-21(28)9-11-35(17-28)39(37,38)26-16-34(3)33-19(26)2/h4-8,10,12-13,15-16H,9,11,14,17,30H2,1-3H3. The summed E-state index contributed by atoms with van der Waals surface area (Å²) < 4.78 is 43.8. The molecular formula is C28H29FN6O3S. The second-order valence-electron chi connectivity index (χ2n) is 9.98. The van der Waals surface area contributed by atoms with Gasteiger partial charge < -0.3 is 5.73 Å². The number of hydrogen-bond acceptors (Lipinski definition) is 7. The van der Waals surface area contributed by atoms with E-state index in [1.165, 1.54) is 33.5 Å². The molecule has 202 valence electrons. The Morgan fingerprint density at radius 3 is 2.59 bits per heavy atom. The summed E-state index contributed by atoms with van der Waals surface area (Å²) >= 11 is 0. The first kappa shape index (κ1) is 26.6. The van der Waals surface area contributed by atoms with Gasteiger partial charge in [-0.3, -0.25) is 14.5 Å². The lowest BCUT2D eigenvalue weighted by molar-refractivity contribution is 0.0770. The first-order chi connectivity index (χ1) is 18.5. The molecule has 3 aromatic rings. The number of aliphatic imine (C=N–C) groups is 1. The number of benzene rings is 1. The number of rotatable bonds is 5. The number of pyridine rings is 1. The van der Waals surface area contributed by atoms with Crippen LogP contribution < -0.4 is 5.73 Å². The van der Waals surface area contributed by atoms with Crippen molar-refractivity contribution in [3.05, 3.63) is 95.0 Å². The molecule has 1 aliphatic heterocycles. The predicted octanol–water partition coefficient (Wildman–Crippen LogP) is 3.78. The number of hydrogen-bond donors (Lipinski definition) is 1. The molecular weight excluding hydrogens is 519 g/mol. The smallest absolute Gasteiger partial charge is 0.246 e. The highest BCUT2D eigenvalue weighted by atomic mass is 32.2. The Morgan fingerprint density at radius 1 is 1.21 bits per heavy atom. The van der Waals surface area contributed by atoms with Crippen molar-refractivity contribution in [2.75, 3.05) is 13.1 Å². The summed E-state index contributed by atoms with van der Waals surface area (Å²) in [6.45, 7) is 3.62. The number of sulfonamides is 1. The van der Waals surface area contributed by atoms with E-state index >= 15 is 0 Å². The molecule has 9 nitrogen and oxygen atoms in total. The molecule has 1 fully saturated rings. The van der Waals surface area contributed by atoms with E-state index in [1.54, 1.807) is 44.4 Å². The van der Waals surface area contributed by atoms with Crippen LogP contribution in [-0.4, -0.2) is 52.1 Å². The molecule has 1 saturated heterocycles. The third-order valence-corrected chi connectivity index (χ3v) is 9.22. The van der Waals surface area contributed by atoms with Gasteiger partial charge in [0.25, 0.3) is 0 Å². The van der Waals surface area contributed by atoms with Crippen molar-refractivity contribution in [3.8, 4) is 0 Å². The Bertz CT molecular complexity index is 1660. The summed E-state index contributed by atoms with van der Waals surface area (Å²) in [7, 11) is -2.28. The molecule has 0 saturated carbocycles. The maximum Gasteiger partial charge on any atom is 0.246 e. The van der Waals surface area contributed by atoms with Gasteiger partial charge in [-0.05, 0) is 86.5 Å². The average Bonchev–Trinajstić information content (AvgIpc) is 3.27. The number of nitrogens with two attached hydrogens (primary N) is 1. The van der Waals surface area contributed by atoms with Crippen molar-refractivity contribution in [3.63, 3.8) is 0 Å². The number of ketones is 1. The van der Waals surface area contributed by atoms with Gasteiger partial charge in [0.05, 0.1) is 22.5 Å². The largest absolute Gasteiger partial charge is 0.404 e. The lowest BCUT2D eigenvalue weighted by atomic mass is 9.64. The van der Waals surface area contributed by atoms with Crippen molar-refractivity contribution >= 4 is 27.2 Å². The molecule has 0 spiro atoms. The lowest BCUT2D eigenvalue weighted by Crippen LogP contribution is -2.53. The van der Waals surface area contributed by atoms with Crippen molar-refractivity contribution < 1.29 is 17.6 Å². The number of aryl methyl sites for hydroxylation is 3. The highest BCUT2D eigenvalue weighted by molar-refractivity contribution is 7.89. The summed E-state index contributed by atoms with van der Waals surface area (Å²) in [6, 6.07) is 9.27. The quantitative estimate of drug-likeness (QED) is 0.484. The summed E-state index contributed by atoms with van der Waals surface area (Å²) in [4.78, 5) is 23.4. The van der Waals surface area contributed by atoms with Gasteiger partial charge in [0, 0.05) is 32.5 Å². The second kappa shape index (κ2) is 9.97.